The molecule has 0 unspecified atom stereocenters. The highest BCUT2D eigenvalue weighted by molar-refractivity contribution is 5.89. The number of aromatic amines is 1. The highest BCUT2D eigenvalue weighted by atomic mass is 16.1. The van der Waals surface area contributed by atoms with E-state index in [1.807, 2.05) is 19.2 Å². The van der Waals surface area contributed by atoms with Crippen molar-refractivity contribution in [3.63, 3.8) is 0 Å². The molecule has 2 saturated heterocycles. The largest absolute Gasteiger partial charge is 0.361 e. The number of rotatable bonds is 1. The predicted molar refractivity (Wildman–Crippen MR) is 75.7 cm³/mol. The molecule has 2 aliphatic rings. The van der Waals surface area contributed by atoms with Gasteiger partial charge in [0.1, 0.15) is 0 Å². The van der Waals surface area contributed by atoms with Crippen molar-refractivity contribution in [1.29, 1.82) is 0 Å². The zero-order chi connectivity index (χ0) is 13.0. The Bertz CT molecular complexity index is 670. The summed E-state index contributed by atoms with van der Waals surface area (Å²) < 4.78 is 1.73. The molecule has 0 aliphatic carbocycles. The molecular formula is C14H18N4O. The molecule has 2 fully saturated rings. The first-order valence-electron chi connectivity index (χ1n) is 6.92. The van der Waals surface area contributed by atoms with Crippen molar-refractivity contribution in [2.75, 3.05) is 18.0 Å². The summed E-state index contributed by atoms with van der Waals surface area (Å²) in [5, 5.41) is 3.50. The first kappa shape index (κ1) is 11.1. The molecule has 1 aromatic carbocycles. The molecule has 2 aliphatic heterocycles. The maximum atomic E-state index is 11.8. The monoisotopic (exact) mass is 258 g/mol. The minimum absolute atomic E-state index is 0.0371. The van der Waals surface area contributed by atoms with Gasteiger partial charge in [-0.15, -0.1) is 0 Å². The van der Waals surface area contributed by atoms with Gasteiger partial charge in [-0.05, 0) is 25.0 Å². The van der Waals surface area contributed by atoms with Crippen LogP contribution >= 0.6 is 0 Å². The van der Waals surface area contributed by atoms with Crippen LogP contribution in [-0.2, 0) is 7.05 Å². The topological polar surface area (TPSA) is 53.1 Å². The van der Waals surface area contributed by atoms with Crippen LogP contribution < -0.4 is 15.9 Å². The normalized spacial score (nSPS) is 26.3. The van der Waals surface area contributed by atoms with Crippen LogP contribution in [0.2, 0.25) is 0 Å². The number of nitrogens with one attached hydrogen (secondary N) is 2. The number of fused-ring (bicyclic) bond motifs is 3. The van der Waals surface area contributed by atoms with Gasteiger partial charge in [-0.3, -0.25) is 4.57 Å². The van der Waals surface area contributed by atoms with Crippen LogP contribution in [0.1, 0.15) is 12.8 Å². The first-order valence-corrected chi connectivity index (χ1v) is 6.92. The number of anilines is 1. The molecular weight excluding hydrogens is 240 g/mol. The van der Waals surface area contributed by atoms with Crippen LogP contribution in [0.4, 0.5) is 5.69 Å². The number of hydrogen-bond donors (Lipinski definition) is 2. The summed E-state index contributed by atoms with van der Waals surface area (Å²) in [5.74, 6) is 0. The van der Waals surface area contributed by atoms with E-state index >= 15 is 0 Å². The van der Waals surface area contributed by atoms with Crippen molar-refractivity contribution in [2.24, 2.45) is 7.05 Å². The Hall–Kier alpha value is -1.75. The minimum Gasteiger partial charge on any atom is -0.361 e. The van der Waals surface area contributed by atoms with E-state index in [2.05, 4.69) is 21.3 Å². The SMILES string of the molecule is Cn1c(=O)[nH]c2cccc(N3[C@@H]4CC[C@H]3CNC4)c21. The molecule has 2 atom stereocenters. The van der Waals surface area contributed by atoms with Crippen LogP contribution in [0.5, 0.6) is 0 Å². The number of benzene rings is 1. The average Bonchev–Trinajstić information content (AvgIpc) is 2.84. The van der Waals surface area contributed by atoms with E-state index in [1.165, 1.54) is 18.5 Å². The Morgan fingerprint density at radius 3 is 2.68 bits per heavy atom. The number of imidazole rings is 1. The van der Waals surface area contributed by atoms with Gasteiger partial charge in [0.25, 0.3) is 0 Å². The standard InChI is InChI=1S/C14H18N4O/c1-17-13-11(16-14(17)19)3-2-4-12(13)18-9-5-6-10(18)8-15-7-9/h2-4,9-10,15H,5-8H2,1H3,(H,16,19)/t9-,10+. The number of aryl methyl sites for hydroxylation is 1. The van der Waals surface area contributed by atoms with E-state index in [4.69, 9.17) is 0 Å². The molecule has 0 radical (unpaired) electrons. The lowest BCUT2D eigenvalue weighted by atomic mass is 10.1. The lowest BCUT2D eigenvalue weighted by Crippen LogP contribution is -2.52. The van der Waals surface area contributed by atoms with Gasteiger partial charge in [0.05, 0.1) is 16.7 Å². The van der Waals surface area contributed by atoms with Crippen molar-refractivity contribution in [3.8, 4) is 0 Å². The Kier molecular flexibility index (Phi) is 2.26. The molecule has 4 rings (SSSR count). The Labute approximate surface area is 111 Å². The summed E-state index contributed by atoms with van der Waals surface area (Å²) in [6.07, 6.45) is 2.48. The molecule has 3 heterocycles. The number of hydrogen-bond acceptors (Lipinski definition) is 3. The van der Waals surface area contributed by atoms with E-state index in [0.29, 0.717) is 12.1 Å². The van der Waals surface area contributed by atoms with Gasteiger partial charge in [-0.2, -0.15) is 0 Å². The van der Waals surface area contributed by atoms with Crippen LogP contribution in [0.3, 0.4) is 0 Å². The summed E-state index contributed by atoms with van der Waals surface area (Å²) in [6.45, 7) is 2.09. The zero-order valence-corrected chi connectivity index (χ0v) is 11.0. The Morgan fingerprint density at radius 1 is 1.21 bits per heavy atom. The fourth-order valence-electron chi connectivity index (χ4n) is 3.67. The second-order valence-electron chi connectivity index (χ2n) is 5.61. The van der Waals surface area contributed by atoms with Crippen molar-refractivity contribution >= 4 is 16.7 Å². The molecule has 2 bridgehead atoms. The number of piperazine rings is 1. The van der Waals surface area contributed by atoms with Crippen LogP contribution in [0.15, 0.2) is 23.0 Å². The number of para-hydroxylation sites is 1. The molecule has 5 nitrogen and oxygen atoms in total. The van der Waals surface area contributed by atoms with E-state index < -0.39 is 0 Å². The summed E-state index contributed by atoms with van der Waals surface area (Å²) >= 11 is 0. The molecule has 19 heavy (non-hydrogen) atoms. The third-order valence-corrected chi connectivity index (χ3v) is 4.55. The molecule has 5 heteroatoms. The van der Waals surface area contributed by atoms with Crippen molar-refractivity contribution in [2.45, 2.75) is 24.9 Å². The Balaban J connectivity index is 1.94. The van der Waals surface area contributed by atoms with Crippen LogP contribution in [0, 0.1) is 0 Å². The molecule has 0 amide bonds. The summed E-state index contributed by atoms with van der Waals surface area (Å²) in [5.41, 5.74) is 3.13. The van der Waals surface area contributed by atoms with Gasteiger partial charge in [-0.25, -0.2) is 4.79 Å². The van der Waals surface area contributed by atoms with Gasteiger partial charge in [-0.1, -0.05) is 6.07 Å². The smallest absolute Gasteiger partial charge is 0.326 e. The summed E-state index contributed by atoms with van der Waals surface area (Å²) in [7, 11) is 1.84. The minimum atomic E-state index is -0.0371. The number of nitrogens with zero attached hydrogens (tertiary/aromatic N) is 2. The van der Waals surface area contributed by atoms with Gasteiger partial charge < -0.3 is 15.2 Å². The predicted octanol–water partition coefficient (Wildman–Crippen LogP) is 0.807. The highest BCUT2D eigenvalue weighted by Crippen LogP contribution is 2.35. The third-order valence-electron chi connectivity index (χ3n) is 4.55. The highest BCUT2D eigenvalue weighted by Gasteiger charge is 2.37. The summed E-state index contributed by atoms with van der Waals surface area (Å²) in [4.78, 5) is 17.3. The van der Waals surface area contributed by atoms with Crippen LogP contribution in [-0.4, -0.2) is 34.7 Å². The zero-order valence-electron chi connectivity index (χ0n) is 11.0. The second-order valence-corrected chi connectivity index (χ2v) is 5.61. The van der Waals surface area contributed by atoms with Crippen molar-refractivity contribution in [1.82, 2.24) is 14.9 Å². The number of H-pyrrole nitrogens is 1. The Morgan fingerprint density at radius 2 is 1.95 bits per heavy atom. The lowest BCUT2D eigenvalue weighted by molar-refractivity contribution is 0.485. The molecule has 1 aromatic heterocycles. The summed E-state index contributed by atoms with van der Waals surface area (Å²) in [6, 6.07) is 7.29. The van der Waals surface area contributed by atoms with E-state index in [1.54, 1.807) is 4.57 Å². The van der Waals surface area contributed by atoms with E-state index in [0.717, 1.165) is 24.1 Å². The van der Waals surface area contributed by atoms with Gasteiger partial charge in [0.15, 0.2) is 0 Å². The third kappa shape index (κ3) is 1.48. The molecule has 100 valence electrons. The van der Waals surface area contributed by atoms with Crippen molar-refractivity contribution < 1.29 is 0 Å². The van der Waals surface area contributed by atoms with Crippen LogP contribution in [0.25, 0.3) is 11.0 Å². The maximum absolute atomic E-state index is 11.8. The maximum Gasteiger partial charge on any atom is 0.326 e. The quantitative estimate of drug-likeness (QED) is 0.796. The second kappa shape index (κ2) is 3.87. The lowest BCUT2D eigenvalue weighted by Gasteiger charge is -2.37. The van der Waals surface area contributed by atoms with Crippen molar-refractivity contribution in [3.05, 3.63) is 28.7 Å². The first-order chi connectivity index (χ1) is 9.25. The molecule has 2 N–H and O–H groups in total. The molecule has 0 spiro atoms. The van der Waals surface area contributed by atoms with Gasteiger partial charge in [0, 0.05) is 32.2 Å². The fourth-order valence-corrected chi connectivity index (χ4v) is 3.67. The van der Waals surface area contributed by atoms with E-state index in [9.17, 15) is 4.79 Å². The van der Waals surface area contributed by atoms with Gasteiger partial charge in [0.2, 0.25) is 0 Å². The fraction of sp³-hybridized carbons (Fsp3) is 0.500. The van der Waals surface area contributed by atoms with Gasteiger partial charge >= 0.3 is 5.69 Å². The van der Waals surface area contributed by atoms with E-state index in [-0.39, 0.29) is 5.69 Å². The molecule has 2 aromatic rings. The average molecular weight is 258 g/mol. The number of aromatic nitrogens is 2. The molecule has 0 saturated carbocycles.